The van der Waals surface area contributed by atoms with Gasteiger partial charge in [-0.15, -0.1) is 0 Å². The van der Waals surface area contributed by atoms with E-state index in [2.05, 4.69) is 21.0 Å². The summed E-state index contributed by atoms with van der Waals surface area (Å²) in [4.78, 5) is 13.8. The Kier molecular flexibility index (Phi) is 7.66. The minimum atomic E-state index is -3.65. The highest BCUT2D eigenvalue weighted by Gasteiger charge is 2.42. The van der Waals surface area contributed by atoms with Crippen LogP contribution in [-0.4, -0.2) is 68.9 Å². The molecule has 3 fully saturated rings. The molecular weight excluding hydrogens is 518 g/mol. The number of nitrogens with one attached hydrogen (secondary N) is 2. The van der Waals surface area contributed by atoms with Crippen molar-refractivity contribution < 1.29 is 22.7 Å². The van der Waals surface area contributed by atoms with E-state index in [0.29, 0.717) is 35.6 Å². The van der Waals surface area contributed by atoms with Gasteiger partial charge in [0.2, 0.25) is 15.9 Å². The summed E-state index contributed by atoms with van der Waals surface area (Å²) in [5, 5.41) is 7.45. The van der Waals surface area contributed by atoms with Gasteiger partial charge in [-0.3, -0.25) is 14.4 Å². The Morgan fingerprint density at radius 1 is 1.08 bits per heavy atom. The molecule has 3 saturated heterocycles. The molecule has 0 aliphatic carbocycles. The smallest absolute Gasteiger partial charge is 0.240 e. The normalized spacial score (nSPS) is 22.5. The predicted molar refractivity (Wildman–Crippen MR) is 149 cm³/mol. The average molecular weight is 554 g/mol. The van der Waals surface area contributed by atoms with Gasteiger partial charge >= 0.3 is 0 Å². The van der Waals surface area contributed by atoms with Crippen LogP contribution in [-0.2, 0) is 21.9 Å². The van der Waals surface area contributed by atoms with Crippen molar-refractivity contribution in [3.8, 4) is 22.8 Å². The molecule has 10 nitrogen and oxygen atoms in total. The van der Waals surface area contributed by atoms with Gasteiger partial charge in [-0.1, -0.05) is 0 Å². The summed E-state index contributed by atoms with van der Waals surface area (Å²) in [6.07, 6.45) is 2.00. The number of carbonyl (C=O) groups excluding carboxylic acids is 1. The lowest BCUT2D eigenvalue weighted by molar-refractivity contribution is -0.114. The fourth-order valence-electron chi connectivity index (χ4n) is 5.86. The molecule has 208 valence electrons. The number of hydrogen-bond acceptors (Lipinski definition) is 7. The molecule has 6 rings (SSSR count). The van der Waals surface area contributed by atoms with Crippen molar-refractivity contribution in [1.29, 1.82) is 0 Å². The van der Waals surface area contributed by atoms with E-state index in [0.717, 1.165) is 37.2 Å². The van der Waals surface area contributed by atoms with Gasteiger partial charge in [0, 0.05) is 56.0 Å². The summed E-state index contributed by atoms with van der Waals surface area (Å²) in [5.74, 6) is 1.93. The Morgan fingerprint density at radius 3 is 2.46 bits per heavy atom. The number of methoxy groups -OCH3 is 2. The molecule has 4 unspecified atom stereocenters. The second-order valence-corrected chi connectivity index (χ2v) is 12.0. The van der Waals surface area contributed by atoms with Gasteiger partial charge < -0.3 is 14.8 Å². The van der Waals surface area contributed by atoms with E-state index in [4.69, 9.17) is 14.6 Å². The molecule has 2 bridgehead atoms. The maximum Gasteiger partial charge on any atom is 0.240 e. The maximum atomic E-state index is 12.9. The number of hydrogen-bond donors (Lipinski definition) is 2. The standard InChI is InChI=1S/C28H35N5O5S/c1-18(34)30-21-6-8-23(9-7-21)39(35,36)29-16-22-13-19-11-12-33(22)17-24(19)26-15-25(31-32(26)2)20-5-10-27(37-3)28(14-20)38-4/h5-10,14-15,19,22,24,29H,11-13,16-17H2,1-4H3,(H,30,34). The number of aromatic nitrogens is 2. The minimum absolute atomic E-state index is 0.145. The summed E-state index contributed by atoms with van der Waals surface area (Å²) < 4.78 is 41.5. The molecule has 39 heavy (non-hydrogen) atoms. The Balaban J connectivity index is 1.25. The van der Waals surface area contributed by atoms with Gasteiger partial charge in [-0.2, -0.15) is 5.10 Å². The molecule has 4 atom stereocenters. The van der Waals surface area contributed by atoms with Crippen molar-refractivity contribution in [1.82, 2.24) is 19.4 Å². The molecule has 2 N–H and O–H groups in total. The van der Waals surface area contributed by atoms with Crippen LogP contribution in [0.15, 0.2) is 53.4 Å². The van der Waals surface area contributed by atoms with E-state index >= 15 is 0 Å². The number of amides is 1. The van der Waals surface area contributed by atoms with Gasteiger partial charge in [0.05, 0.1) is 24.8 Å². The number of nitrogens with zero attached hydrogens (tertiary/aromatic N) is 3. The number of ether oxygens (including phenoxy) is 2. The van der Waals surface area contributed by atoms with Gasteiger partial charge in [-0.25, -0.2) is 13.1 Å². The maximum absolute atomic E-state index is 12.9. The fraction of sp³-hybridized carbons (Fsp3) is 0.429. The van der Waals surface area contributed by atoms with Gasteiger partial charge in [0.15, 0.2) is 11.5 Å². The fourth-order valence-corrected chi connectivity index (χ4v) is 6.93. The number of rotatable bonds is 9. The van der Waals surface area contributed by atoms with Crippen LogP contribution in [0.25, 0.3) is 11.3 Å². The first kappa shape index (κ1) is 27.2. The largest absolute Gasteiger partial charge is 0.493 e. The molecule has 2 aromatic carbocycles. The Bertz CT molecular complexity index is 1450. The van der Waals surface area contributed by atoms with E-state index in [1.807, 2.05) is 29.9 Å². The van der Waals surface area contributed by atoms with Crippen LogP contribution in [0, 0.1) is 5.92 Å². The number of piperidine rings is 3. The third kappa shape index (κ3) is 5.66. The molecule has 0 radical (unpaired) electrons. The predicted octanol–water partition coefficient (Wildman–Crippen LogP) is 3.22. The molecular formula is C28H35N5O5S. The van der Waals surface area contributed by atoms with Gasteiger partial charge in [0.1, 0.15) is 0 Å². The molecule has 0 saturated carbocycles. The minimum Gasteiger partial charge on any atom is -0.493 e. The molecule has 0 spiro atoms. The van der Waals surface area contributed by atoms with E-state index in [-0.39, 0.29) is 16.8 Å². The van der Waals surface area contributed by atoms with Crippen LogP contribution in [0.5, 0.6) is 11.5 Å². The molecule has 4 heterocycles. The molecule has 3 aromatic rings. The highest BCUT2D eigenvalue weighted by Crippen LogP contribution is 2.43. The van der Waals surface area contributed by atoms with Crippen molar-refractivity contribution >= 4 is 21.6 Å². The van der Waals surface area contributed by atoms with Crippen LogP contribution in [0.2, 0.25) is 0 Å². The van der Waals surface area contributed by atoms with Crippen LogP contribution < -0.4 is 19.5 Å². The van der Waals surface area contributed by atoms with Crippen molar-refractivity contribution in [2.75, 3.05) is 39.2 Å². The molecule has 3 aliphatic rings. The van der Waals surface area contributed by atoms with Crippen LogP contribution >= 0.6 is 0 Å². The molecule has 11 heteroatoms. The van der Waals surface area contributed by atoms with E-state index < -0.39 is 10.0 Å². The van der Waals surface area contributed by atoms with Crippen molar-refractivity contribution in [3.05, 3.63) is 54.2 Å². The number of aryl methyl sites for hydroxylation is 1. The van der Waals surface area contributed by atoms with Crippen LogP contribution in [0.3, 0.4) is 0 Å². The Morgan fingerprint density at radius 2 is 1.82 bits per heavy atom. The van der Waals surface area contributed by atoms with E-state index in [1.165, 1.54) is 24.8 Å². The zero-order valence-electron chi connectivity index (χ0n) is 22.7. The second-order valence-electron chi connectivity index (χ2n) is 10.2. The van der Waals surface area contributed by atoms with E-state index in [9.17, 15) is 13.2 Å². The summed E-state index contributed by atoms with van der Waals surface area (Å²) in [5.41, 5.74) is 3.60. The number of carbonyl (C=O) groups is 1. The van der Waals surface area contributed by atoms with Gasteiger partial charge in [0.25, 0.3) is 0 Å². The molecule has 1 amide bonds. The highest BCUT2D eigenvalue weighted by molar-refractivity contribution is 7.89. The van der Waals surface area contributed by atoms with Crippen LogP contribution in [0.1, 0.15) is 31.4 Å². The Hall–Kier alpha value is -3.41. The zero-order chi connectivity index (χ0) is 27.7. The third-order valence-corrected chi connectivity index (χ3v) is 9.29. The van der Waals surface area contributed by atoms with Crippen LogP contribution in [0.4, 0.5) is 5.69 Å². The SMILES string of the molecule is COc1ccc(-c2cc(C3CN4CCC3CC4CNS(=O)(=O)c3ccc(NC(C)=O)cc3)n(C)n2)cc1OC. The number of sulfonamides is 1. The van der Waals surface area contributed by atoms with E-state index in [1.54, 1.807) is 26.4 Å². The first-order chi connectivity index (χ1) is 18.7. The summed E-state index contributed by atoms with van der Waals surface area (Å²) >= 11 is 0. The topological polar surface area (TPSA) is 115 Å². The quantitative estimate of drug-likeness (QED) is 0.418. The average Bonchev–Trinajstić information content (AvgIpc) is 3.33. The lowest BCUT2D eigenvalue weighted by Crippen LogP contribution is -2.56. The first-order valence-electron chi connectivity index (χ1n) is 13.1. The number of fused-ring (bicyclic) bond motifs is 3. The van der Waals surface area contributed by atoms with Gasteiger partial charge in [-0.05, 0) is 73.8 Å². The molecule has 1 aromatic heterocycles. The van der Waals surface area contributed by atoms with Crippen molar-refractivity contribution in [2.45, 2.75) is 36.6 Å². The number of anilines is 1. The molecule has 3 aliphatic heterocycles. The first-order valence-corrected chi connectivity index (χ1v) is 14.5. The summed E-state index contributed by atoms with van der Waals surface area (Å²) in [6.45, 7) is 3.60. The van der Waals surface area contributed by atoms with Crippen molar-refractivity contribution in [3.63, 3.8) is 0 Å². The number of benzene rings is 2. The monoisotopic (exact) mass is 553 g/mol. The zero-order valence-corrected chi connectivity index (χ0v) is 23.5. The third-order valence-electron chi connectivity index (χ3n) is 7.85. The lowest BCUT2D eigenvalue weighted by atomic mass is 9.74. The second kappa shape index (κ2) is 11.0. The summed E-state index contributed by atoms with van der Waals surface area (Å²) in [7, 11) is 1.57. The highest BCUT2D eigenvalue weighted by atomic mass is 32.2. The Labute approximate surface area is 229 Å². The summed E-state index contributed by atoms with van der Waals surface area (Å²) in [6, 6.07) is 14.3. The lowest BCUT2D eigenvalue weighted by Gasteiger charge is -2.49. The van der Waals surface area contributed by atoms with Crippen molar-refractivity contribution in [2.24, 2.45) is 13.0 Å².